The van der Waals surface area contributed by atoms with Crippen LogP contribution in [0.2, 0.25) is 0 Å². The molecule has 1 fully saturated rings. The minimum Gasteiger partial charge on any atom is -0.493 e. The van der Waals surface area contributed by atoms with Crippen molar-refractivity contribution in [3.05, 3.63) is 23.3 Å². The molecule has 1 aliphatic carbocycles. The van der Waals surface area contributed by atoms with Crippen molar-refractivity contribution in [2.75, 3.05) is 21.3 Å². The lowest BCUT2D eigenvalue weighted by Crippen LogP contribution is -1.95. The predicted molar refractivity (Wildman–Crippen MR) is 68.2 cm³/mol. The first-order valence-electron chi connectivity index (χ1n) is 5.69. The van der Waals surface area contributed by atoms with Gasteiger partial charge in [0.25, 0.3) is 0 Å². The molecule has 0 spiro atoms. The summed E-state index contributed by atoms with van der Waals surface area (Å²) < 4.78 is 15.8. The zero-order valence-electron chi connectivity index (χ0n) is 10.7. The number of rotatable bonds is 5. The summed E-state index contributed by atoms with van der Waals surface area (Å²) in [4.78, 5) is 10.6. The molecule has 2 rings (SSSR count). The molecule has 1 aromatic rings. The average molecular weight is 248 g/mol. The van der Waals surface area contributed by atoms with Crippen molar-refractivity contribution >= 4 is 12.4 Å². The molecule has 0 saturated heterocycles. The fourth-order valence-electron chi connectivity index (χ4n) is 1.90. The molecule has 0 amide bonds. The Morgan fingerprint density at radius 2 is 1.72 bits per heavy atom. The van der Waals surface area contributed by atoms with Crippen LogP contribution in [-0.2, 0) is 4.79 Å². The van der Waals surface area contributed by atoms with Crippen LogP contribution in [0.4, 0.5) is 0 Å². The summed E-state index contributed by atoms with van der Waals surface area (Å²) in [6.07, 6.45) is 3.81. The van der Waals surface area contributed by atoms with Gasteiger partial charge in [0.05, 0.1) is 21.3 Å². The van der Waals surface area contributed by atoms with Crippen LogP contribution < -0.4 is 14.2 Å². The van der Waals surface area contributed by atoms with Gasteiger partial charge in [-0.15, -0.1) is 0 Å². The first kappa shape index (κ1) is 12.5. The van der Waals surface area contributed by atoms with E-state index in [9.17, 15) is 4.79 Å². The Kier molecular flexibility index (Phi) is 3.55. The standard InChI is InChI=1S/C14H16O4/c1-16-12-5-9(4-10-7-11(10)8-15)6-13(17-2)14(12)18-3/h4-6,8,11H,7H2,1-3H3/b10-4+. The highest BCUT2D eigenvalue weighted by atomic mass is 16.5. The van der Waals surface area contributed by atoms with Crippen molar-refractivity contribution in [3.63, 3.8) is 0 Å². The minimum atomic E-state index is 0.0871. The van der Waals surface area contributed by atoms with Gasteiger partial charge >= 0.3 is 0 Å². The highest BCUT2D eigenvalue weighted by Crippen LogP contribution is 2.41. The third-order valence-electron chi connectivity index (χ3n) is 2.98. The number of ether oxygens (including phenoxy) is 3. The Labute approximate surface area is 106 Å². The van der Waals surface area contributed by atoms with Crippen LogP contribution in [0.15, 0.2) is 17.7 Å². The van der Waals surface area contributed by atoms with Crippen LogP contribution in [0, 0.1) is 5.92 Å². The zero-order valence-corrected chi connectivity index (χ0v) is 10.7. The molecule has 18 heavy (non-hydrogen) atoms. The molecule has 0 N–H and O–H groups in total. The average Bonchev–Trinajstić information content (AvgIpc) is 3.15. The van der Waals surface area contributed by atoms with Crippen LogP contribution in [0.5, 0.6) is 17.2 Å². The molecular weight excluding hydrogens is 232 g/mol. The van der Waals surface area contributed by atoms with Crippen LogP contribution in [0.3, 0.4) is 0 Å². The van der Waals surface area contributed by atoms with Crippen molar-refractivity contribution in [2.24, 2.45) is 5.92 Å². The van der Waals surface area contributed by atoms with Gasteiger partial charge in [-0.1, -0.05) is 11.6 Å². The summed E-state index contributed by atoms with van der Waals surface area (Å²) in [5, 5.41) is 0. The lowest BCUT2D eigenvalue weighted by Gasteiger charge is -2.12. The van der Waals surface area contributed by atoms with E-state index < -0.39 is 0 Å². The number of aldehydes is 1. The Bertz CT molecular complexity index is 466. The Morgan fingerprint density at radius 1 is 1.11 bits per heavy atom. The Hall–Kier alpha value is -1.97. The third kappa shape index (κ3) is 2.32. The molecule has 0 bridgehead atoms. The van der Waals surface area contributed by atoms with Crippen LogP contribution in [-0.4, -0.2) is 27.6 Å². The lowest BCUT2D eigenvalue weighted by atomic mass is 10.1. The number of allylic oxidation sites excluding steroid dienone is 1. The summed E-state index contributed by atoms with van der Waals surface area (Å²) >= 11 is 0. The topological polar surface area (TPSA) is 44.8 Å². The van der Waals surface area contributed by atoms with Crippen LogP contribution in [0.25, 0.3) is 6.08 Å². The SMILES string of the molecule is COc1cc(/C=C2\CC2C=O)cc(OC)c1OC. The van der Waals surface area contributed by atoms with E-state index in [1.165, 1.54) is 0 Å². The monoisotopic (exact) mass is 248 g/mol. The fourth-order valence-corrected chi connectivity index (χ4v) is 1.90. The van der Waals surface area contributed by atoms with E-state index in [0.29, 0.717) is 17.2 Å². The highest BCUT2D eigenvalue weighted by Gasteiger charge is 2.28. The van der Waals surface area contributed by atoms with Crippen LogP contribution >= 0.6 is 0 Å². The molecule has 1 aliphatic rings. The second-order valence-corrected chi connectivity index (χ2v) is 4.12. The predicted octanol–water partition coefficient (Wildman–Crippen LogP) is 2.31. The minimum absolute atomic E-state index is 0.0871. The number of hydrogen-bond acceptors (Lipinski definition) is 4. The maximum atomic E-state index is 10.6. The summed E-state index contributed by atoms with van der Waals surface area (Å²) in [7, 11) is 4.74. The normalized spacial score (nSPS) is 19.5. The fraction of sp³-hybridized carbons (Fsp3) is 0.357. The van der Waals surface area contributed by atoms with E-state index in [-0.39, 0.29) is 5.92 Å². The number of methoxy groups -OCH3 is 3. The van der Waals surface area contributed by atoms with E-state index in [0.717, 1.165) is 23.8 Å². The number of carbonyl (C=O) groups is 1. The Balaban J connectivity index is 2.38. The Morgan fingerprint density at radius 3 is 2.11 bits per heavy atom. The second-order valence-electron chi connectivity index (χ2n) is 4.12. The van der Waals surface area contributed by atoms with Gasteiger partial charge in [0.15, 0.2) is 11.5 Å². The van der Waals surface area contributed by atoms with Crippen LogP contribution in [0.1, 0.15) is 12.0 Å². The van der Waals surface area contributed by atoms with Crippen molar-refractivity contribution in [1.82, 2.24) is 0 Å². The number of carbonyl (C=O) groups excluding carboxylic acids is 1. The zero-order chi connectivity index (χ0) is 13.1. The summed E-state index contributed by atoms with van der Waals surface area (Å²) in [5.41, 5.74) is 2.09. The van der Waals surface area contributed by atoms with Gasteiger partial charge in [-0.2, -0.15) is 0 Å². The third-order valence-corrected chi connectivity index (χ3v) is 2.98. The molecule has 0 aliphatic heterocycles. The molecule has 0 aromatic heterocycles. The first-order valence-corrected chi connectivity index (χ1v) is 5.69. The maximum Gasteiger partial charge on any atom is 0.203 e. The summed E-state index contributed by atoms with van der Waals surface area (Å²) in [6, 6.07) is 3.74. The molecule has 1 atom stereocenters. The lowest BCUT2D eigenvalue weighted by molar-refractivity contribution is -0.108. The van der Waals surface area contributed by atoms with Crippen molar-refractivity contribution in [3.8, 4) is 17.2 Å². The van der Waals surface area contributed by atoms with E-state index in [2.05, 4.69) is 0 Å². The van der Waals surface area contributed by atoms with Gasteiger partial charge in [-0.3, -0.25) is 0 Å². The van der Waals surface area contributed by atoms with Gasteiger partial charge < -0.3 is 19.0 Å². The van der Waals surface area contributed by atoms with Gasteiger partial charge in [0.2, 0.25) is 5.75 Å². The molecule has 0 radical (unpaired) electrons. The molecule has 1 saturated carbocycles. The molecule has 0 heterocycles. The molecular formula is C14H16O4. The van der Waals surface area contributed by atoms with E-state index in [1.54, 1.807) is 21.3 Å². The molecule has 1 aromatic carbocycles. The summed E-state index contributed by atoms with van der Waals surface area (Å²) in [5.74, 6) is 1.90. The first-order chi connectivity index (χ1) is 8.73. The molecule has 4 nitrogen and oxygen atoms in total. The largest absolute Gasteiger partial charge is 0.493 e. The van der Waals surface area contributed by atoms with Crippen molar-refractivity contribution in [1.29, 1.82) is 0 Å². The number of benzene rings is 1. The molecule has 1 unspecified atom stereocenters. The van der Waals surface area contributed by atoms with E-state index in [1.807, 2.05) is 18.2 Å². The van der Waals surface area contributed by atoms with Gasteiger partial charge in [-0.25, -0.2) is 0 Å². The van der Waals surface area contributed by atoms with Gasteiger partial charge in [-0.05, 0) is 24.1 Å². The van der Waals surface area contributed by atoms with E-state index in [4.69, 9.17) is 14.2 Å². The summed E-state index contributed by atoms with van der Waals surface area (Å²) in [6.45, 7) is 0. The van der Waals surface area contributed by atoms with Gasteiger partial charge in [0.1, 0.15) is 6.29 Å². The number of hydrogen-bond donors (Lipinski definition) is 0. The van der Waals surface area contributed by atoms with Crippen molar-refractivity contribution in [2.45, 2.75) is 6.42 Å². The van der Waals surface area contributed by atoms with Gasteiger partial charge in [0, 0.05) is 5.92 Å². The van der Waals surface area contributed by atoms with E-state index >= 15 is 0 Å². The highest BCUT2D eigenvalue weighted by molar-refractivity contribution is 5.74. The van der Waals surface area contributed by atoms with Crippen molar-refractivity contribution < 1.29 is 19.0 Å². The molecule has 4 heteroatoms. The quantitative estimate of drug-likeness (QED) is 0.750. The molecule has 96 valence electrons. The second kappa shape index (κ2) is 5.12. The maximum absolute atomic E-state index is 10.6. The smallest absolute Gasteiger partial charge is 0.203 e.